The van der Waals surface area contributed by atoms with Crippen LogP contribution in [0.1, 0.15) is 0 Å². The highest BCUT2D eigenvalue weighted by molar-refractivity contribution is 6.20. The first-order chi connectivity index (χ1) is 25.3. The van der Waals surface area contributed by atoms with E-state index < -0.39 is 0 Å². The number of hydrogen-bond donors (Lipinski definition) is 0. The maximum atomic E-state index is 2.41. The van der Waals surface area contributed by atoms with Gasteiger partial charge in [0, 0.05) is 17.1 Å². The lowest BCUT2D eigenvalue weighted by Crippen LogP contribution is -2.10. The topological polar surface area (TPSA) is 3.24 Å². The molecule has 0 bridgehead atoms. The van der Waals surface area contributed by atoms with Crippen molar-refractivity contribution in [2.24, 2.45) is 0 Å². The summed E-state index contributed by atoms with van der Waals surface area (Å²) in [4.78, 5) is 2.41. The molecule has 1 heteroatoms. The first kappa shape index (κ1) is 29.2. The maximum Gasteiger partial charge on any atom is 0.0474 e. The Morgan fingerprint density at radius 2 is 0.784 bits per heavy atom. The zero-order chi connectivity index (χ0) is 33.7. The Kier molecular flexibility index (Phi) is 6.89. The number of anilines is 3. The molecule has 0 unspecified atom stereocenters. The van der Waals surface area contributed by atoms with E-state index in [0.29, 0.717) is 0 Å². The van der Waals surface area contributed by atoms with Gasteiger partial charge in [0.25, 0.3) is 0 Å². The van der Waals surface area contributed by atoms with Crippen molar-refractivity contribution >= 4 is 70.9 Å². The first-order valence-corrected chi connectivity index (χ1v) is 17.6. The predicted octanol–water partition coefficient (Wildman–Crippen LogP) is 14.3. The molecule has 51 heavy (non-hydrogen) atoms. The van der Waals surface area contributed by atoms with Crippen molar-refractivity contribution in [1.82, 2.24) is 0 Å². The van der Waals surface area contributed by atoms with E-state index in [1.54, 1.807) is 0 Å². The molecule has 0 radical (unpaired) electrons. The third-order valence-electron chi connectivity index (χ3n) is 10.4. The highest BCUT2D eigenvalue weighted by Gasteiger charge is 2.18. The molecule has 0 spiro atoms. The van der Waals surface area contributed by atoms with Crippen molar-refractivity contribution in [2.45, 2.75) is 0 Å². The zero-order valence-electron chi connectivity index (χ0n) is 28.0. The van der Waals surface area contributed by atoms with Gasteiger partial charge in [-0.05, 0) is 113 Å². The summed E-state index contributed by atoms with van der Waals surface area (Å²) in [6.45, 7) is 0. The van der Waals surface area contributed by atoms with Crippen molar-refractivity contribution in [3.63, 3.8) is 0 Å². The second-order valence-corrected chi connectivity index (χ2v) is 13.3. The molecule has 0 heterocycles. The van der Waals surface area contributed by atoms with Crippen molar-refractivity contribution in [1.29, 1.82) is 0 Å². The fourth-order valence-corrected chi connectivity index (χ4v) is 7.93. The Balaban J connectivity index is 1.20. The molecule has 0 atom stereocenters. The minimum absolute atomic E-state index is 1.11. The summed E-state index contributed by atoms with van der Waals surface area (Å²) in [5.41, 5.74) is 8.23. The van der Waals surface area contributed by atoms with Gasteiger partial charge in [0.1, 0.15) is 0 Å². The molecule has 0 aliphatic heterocycles. The summed E-state index contributed by atoms with van der Waals surface area (Å²) in [7, 11) is 0. The van der Waals surface area contributed by atoms with Gasteiger partial charge in [-0.25, -0.2) is 0 Å². The Hall–Kier alpha value is -6.70. The van der Waals surface area contributed by atoms with E-state index in [9.17, 15) is 0 Å². The second-order valence-electron chi connectivity index (χ2n) is 13.3. The van der Waals surface area contributed by atoms with Gasteiger partial charge in [0.05, 0.1) is 0 Å². The lowest BCUT2D eigenvalue weighted by Gasteiger charge is -2.27. The summed E-state index contributed by atoms with van der Waals surface area (Å²) in [6.07, 6.45) is 0. The van der Waals surface area contributed by atoms with Gasteiger partial charge >= 0.3 is 0 Å². The summed E-state index contributed by atoms with van der Waals surface area (Å²) in [5, 5.41) is 12.6. The molecule has 0 saturated heterocycles. The fraction of sp³-hybridized carbons (Fsp3) is 0. The largest absolute Gasteiger partial charge is 0.310 e. The number of hydrogen-bond acceptors (Lipinski definition) is 1. The molecule has 0 N–H and O–H groups in total. The minimum Gasteiger partial charge on any atom is -0.310 e. The van der Waals surface area contributed by atoms with Crippen molar-refractivity contribution in [3.8, 4) is 22.3 Å². The van der Waals surface area contributed by atoms with E-state index in [0.717, 1.165) is 17.1 Å². The van der Waals surface area contributed by atoms with Gasteiger partial charge in [-0.15, -0.1) is 0 Å². The highest BCUT2D eigenvalue weighted by Crippen LogP contribution is 2.44. The minimum atomic E-state index is 1.11. The van der Waals surface area contributed by atoms with Crippen LogP contribution in [0.15, 0.2) is 200 Å². The van der Waals surface area contributed by atoms with Gasteiger partial charge in [-0.1, -0.05) is 164 Å². The van der Waals surface area contributed by atoms with E-state index in [2.05, 4.69) is 205 Å². The van der Waals surface area contributed by atoms with Crippen LogP contribution in [0.4, 0.5) is 17.1 Å². The summed E-state index contributed by atoms with van der Waals surface area (Å²) in [6, 6.07) is 73.1. The molecule has 238 valence electrons. The molecule has 0 fully saturated rings. The van der Waals surface area contributed by atoms with E-state index in [4.69, 9.17) is 0 Å². The Morgan fingerprint density at radius 3 is 1.63 bits per heavy atom. The Morgan fingerprint density at radius 1 is 0.235 bits per heavy atom. The molecule has 10 aromatic carbocycles. The van der Waals surface area contributed by atoms with Crippen LogP contribution in [0, 0.1) is 0 Å². The third-order valence-corrected chi connectivity index (χ3v) is 10.4. The van der Waals surface area contributed by atoms with Crippen LogP contribution >= 0.6 is 0 Å². The lowest BCUT2D eigenvalue weighted by molar-refractivity contribution is 1.29. The summed E-state index contributed by atoms with van der Waals surface area (Å²) in [5.74, 6) is 0. The fourth-order valence-electron chi connectivity index (χ4n) is 7.93. The third kappa shape index (κ3) is 5.02. The summed E-state index contributed by atoms with van der Waals surface area (Å²) < 4.78 is 0. The van der Waals surface area contributed by atoms with Crippen LogP contribution in [0.3, 0.4) is 0 Å². The molecule has 10 rings (SSSR count). The van der Waals surface area contributed by atoms with Crippen molar-refractivity contribution in [2.75, 3.05) is 4.90 Å². The molecule has 0 aliphatic rings. The second kappa shape index (κ2) is 12.0. The molecule has 1 nitrogen and oxygen atoms in total. The zero-order valence-corrected chi connectivity index (χ0v) is 28.0. The summed E-state index contributed by atoms with van der Waals surface area (Å²) >= 11 is 0. The van der Waals surface area contributed by atoms with Crippen LogP contribution in [0.25, 0.3) is 76.1 Å². The molecular formula is C50H33N. The predicted molar refractivity (Wildman–Crippen MR) is 220 cm³/mol. The molecule has 0 saturated carbocycles. The van der Waals surface area contributed by atoms with E-state index >= 15 is 0 Å². The van der Waals surface area contributed by atoms with Crippen LogP contribution in [0.5, 0.6) is 0 Å². The SMILES string of the molecule is c1ccc(-c2ccc(N(c3ccc4ccccc4c3)c3cc(-c4cccc5c4ccc4c6ccccc6ccc54)c4ccccc4c3)cc2)cc1. The number of nitrogens with zero attached hydrogens (tertiary/aromatic N) is 1. The van der Waals surface area contributed by atoms with Crippen LogP contribution < -0.4 is 4.90 Å². The van der Waals surface area contributed by atoms with Crippen LogP contribution in [-0.4, -0.2) is 0 Å². The Labute approximate surface area is 297 Å². The molecule has 0 aliphatic carbocycles. The van der Waals surface area contributed by atoms with Gasteiger partial charge in [0.15, 0.2) is 0 Å². The van der Waals surface area contributed by atoms with Crippen LogP contribution in [0.2, 0.25) is 0 Å². The van der Waals surface area contributed by atoms with Gasteiger partial charge in [-0.3, -0.25) is 0 Å². The molecule has 0 aromatic heterocycles. The van der Waals surface area contributed by atoms with Gasteiger partial charge in [0.2, 0.25) is 0 Å². The van der Waals surface area contributed by atoms with E-state index in [1.165, 1.54) is 76.1 Å². The smallest absolute Gasteiger partial charge is 0.0474 e. The lowest BCUT2D eigenvalue weighted by atomic mass is 9.90. The normalized spacial score (nSPS) is 11.5. The Bertz CT molecular complexity index is 2900. The molecular weight excluding hydrogens is 615 g/mol. The number of benzene rings is 10. The van der Waals surface area contributed by atoms with Gasteiger partial charge < -0.3 is 4.90 Å². The molecule has 0 amide bonds. The average molecular weight is 648 g/mol. The maximum absolute atomic E-state index is 2.41. The highest BCUT2D eigenvalue weighted by atomic mass is 15.1. The number of rotatable bonds is 5. The monoisotopic (exact) mass is 647 g/mol. The van der Waals surface area contributed by atoms with E-state index in [1.807, 2.05) is 0 Å². The number of fused-ring (bicyclic) bond motifs is 7. The van der Waals surface area contributed by atoms with E-state index in [-0.39, 0.29) is 0 Å². The van der Waals surface area contributed by atoms with Crippen molar-refractivity contribution < 1.29 is 0 Å². The van der Waals surface area contributed by atoms with Gasteiger partial charge in [-0.2, -0.15) is 0 Å². The van der Waals surface area contributed by atoms with Crippen molar-refractivity contribution in [3.05, 3.63) is 200 Å². The quantitative estimate of drug-likeness (QED) is 0.168. The van der Waals surface area contributed by atoms with Crippen LogP contribution in [-0.2, 0) is 0 Å². The molecule has 10 aromatic rings. The first-order valence-electron chi connectivity index (χ1n) is 17.6. The average Bonchev–Trinajstić information content (AvgIpc) is 3.20. The standard InChI is InChI=1S/C50H33N/c1-2-11-34(12-3-1)36-21-25-40(26-22-36)51(41-27-23-35-13-4-5-15-38(35)31-41)42-32-39-16-7-9-18-44(39)50(33-42)46-20-10-19-45-48-28-24-37-14-6-8-17-43(37)47(48)29-30-49(45)46/h1-33H.